The van der Waals surface area contributed by atoms with E-state index in [4.69, 9.17) is 13.7 Å². The number of halogens is 1. The summed E-state index contributed by atoms with van der Waals surface area (Å²) in [6, 6.07) is 15.5. The molecular formula is C19H15BrN4O3S. The van der Waals surface area contributed by atoms with Crippen molar-refractivity contribution in [3.8, 4) is 17.1 Å². The summed E-state index contributed by atoms with van der Waals surface area (Å²) in [5, 5.41) is 12.6. The third-order valence-electron chi connectivity index (χ3n) is 3.83. The van der Waals surface area contributed by atoms with Gasteiger partial charge in [0.25, 0.3) is 5.22 Å². The van der Waals surface area contributed by atoms with Gasteiger partial charge < -0.3 is 13.7 Å². The van der Waals surface area contributed by atoms with Crippen molar-refractivity contribution < 1.29 is 13.7 Å². The first-order valence-corrected chi connectivity index (χ1v) is 10.1. The molecule has 0 saturated heterocycles. The van der Waals surface area contributed by atoms with E-state index in [1.165, 1.54) is 11.8 Å². The molecular weight excluding hydrogens is 444 g/mol. The summed E-state index contributed by atoms with van der Waals surface area (Å²) >= 11 is 4.79. The molecule has 0 radical (unpaired) electrons. The summed E-state index contributed by atoms with van der Waals surface area (Å²) in [6.45, 7) is 0. The lowest BCUT2D eigenvalue weighted by atomic mass is 10.1. The molecule has 9 heteroatoms. The molecule has 0 atom stereocenters. The molecule has 0 fully saturated rings. The minimum absolute atomic E-state index is 0.450. The van der Waals surface area contributed by atoms with Crippen LogP contribution in [0.1, 0.15) is 17.3 Å². The molecule has 0 amide bonds. The molecule has 142 valence electrons. The quantitative estimate of drug-likeness (QED) is 0.365. The maximum absolute atomic E-state index is 5.69. The topological polar surface area (TPSA) is 87.1 Å². The molecule has 7 nitrogen and oxygen atoms in total. The summed E-state index contributed by atoms with van der Waals surface area (Å²) in [5.74, 6) is 2.85. The standard InChI is InChI=1S/C19H15BrN4O3S/c1-25-15-7-5-12(6-8-15)9-16-22-23-19(26-16)28-11-17-21-18(24-27-17)13-3-2-4-14(20)10-13/h2-8,10H,9,11H2,1H3. The number of ether oxygens (including phenoxy) is 1. The van der Waals surface area contributed by atoms with Gasteiger partial charge in [0.2, 0.25) is 17.6 Å². The fraction of sp³-hybridized carbons (Fsp3) is 0.158. The van der Waals surface area contributed by atoms with E-state index in [-0.39, 0.29) is 0 Å². The molecule has 2 aromatic heterocycles. The number of nitrogens with zero attached hydrogens (tertiary/aromatic N) is 4. The average Bonchev–Trinajstić information content (AvgIpc) is 3.36. The number of aromatic nitrogens is 4. The molecule has 0 aliphatic heterocycles. The van der Waals surface area contributed by atoms with Gasteiger partial charge in [0.1, 0.15) is 5.75 Å². The Morgan fingerprint density at radius 3 is 2.71 bits per heavy atom. The molecule has 0 saturated carbocycles. The van der Waals surface area contributed by atoms with E-state index in [0.717, 1.165) is 21.3 Å². The Hall–Kier alpha value is -2.65. The largest absolute Gasteiger partial charge is 0.497 e. The highest BCUT2D eigenvalue weighted by molar-refractivity contribution is 9.10. The number of rotatable bonds is 7. The number of hydrogen-bond acceptors (Lipinski definition) is 8. The smallest absolute Gasteiger partial charge is 0.277 e. The molecule has 0 aliphatic rings. The fourth-order valence-corrected chi connectivity index (χ4v) is 3.48. The van der Waals surface area contributed by atoms with Crippen molar-refractivity contribution >= 4 is 27.7 Å². The monoisotopic (exact) mass is 458 g/mol. The van der Waals surface area contributed by atoms with Crippen molar-refractivity contribution in [3.63, 3.8) is 0 Å². The van der Waals surface area contributed by atoms with Crippen LogP contribution in [0.4, 0.5) is 0 Å². The van der Waals surface area contributed by atoms with Crippen LogP contribution in [-0.2, 0) is 12.2 Å². The Balaban J connectivity index is 1.35. The Morgan fingerprint density at radius 1 is 1.07 bits per heavy atom. The first kappa shape index (κ1) is 18.7. The van der Waals surface area contributed by atoms with Gasteiger partial charge in [-0.1, -0.05) is 57.1 Å². The van der Waals surface area contributed by atoms with Crippen LogP contribution in [-0.4, -0.2) is 27.4 Å². The second-order valence-electron chi connectivity index (χ2n) is 5.80. The van der Waals surface area contributed by atoms with Gasteiger partial charge in [0.05, 0.1) is 19.3 Å². The molecule has 0 bridgehead atoms. The van der Waals surface area contributed by atoms with Crippen molar-refractivity contribution in [1.82, 2.24) is 20.3 Å². The van der Waals surface area contributed by atoms with Crippen LogP contribution >= 0.6 is 27.7 Å². The molecule has 4 rings (SSSR count). The zero-order valence-electron chi connectivity index (χ0n) is 14.8. The van der Waals surface area contributed by atoms with Crippen molar-refractivity contribution in [3.05, 3.63) is 70.3 Å². The van der Waals surface area contributed by atoms with E-state index in [2.05, 4.69) is 36.3 Å². The molecule has 2 aromatic carbocycles. The van der Waals surface area contributed by atoms with Crippen LogP contribution in [0.25, 0.3) is 11.4 Å². The first-order chi connectivity index (χ1) is 13.7. The molecule has 28 heavy (non-hydrogen) atoms. The highest BCUT2D eigenvalue weighted by Crippen LogP contribution is 2.25. The highest BCUT2D eigenvalue weighted by atomic mass is 79.9. The Kier molecular flexibility index (Phi) is 5.73. The van der Waals surface area contributed by atoms with Gasteiger partial charge in [0, 0.05) is 10.0 Å². The van der Waals surface area contributed by atoms with E-state index in [0.29, 0.717) is 35.0 Å². The Morgan fingerprint density at radius 2 is 1.93 bits per heavy atom. The van der Waals surface area contributed by atoms with E-state index in [1.807, 2.05) is 48.5 Å². The van der Waals surface area contributed by atoms with Gasteiger partial charge in [-0.05, 0) is 29.8 Å². The summed E-state index contributed by atoms with van der Waals surface area (Å²) in [4.78, 5) is 4.41. The van der Waals surface area contributed by atoms with Crippen molar-refractivity contribution in [2.45, 2.75) is 17.4 Å². The van der Waals surface area contributed by atoms with E-state index < -0.39 is 0 Å². The predicted octanol–water partition coefficient (Wildman–Crippen LogP) is 4.77. The minimum atomic E-state index is 0.450. The summed E-state index contributed by atoms with van der Waals surface area (Å²) < 4.78 is 17.1. The van der Waals surface area contributed by atoms with Crippen molar-refractivity contribution in [2.24, 2.45) is 0 Å². The highest BCUT2D eigenvalue weighted by Gasteiger charge is 2.13. The molecule has 0 unspecified atom stereocenters. The number of hydrogen-bond donors (Lipinski definition) is 0. The van der Waals surface area contributed by atoms with Crippen molar-refractivity contribution in [1.29, 1.82) is 0 Å². The van der Waals surface area contributed by atoms with Crippen molar-refractivity contribution in [2.75, 3.05) is 7.11 Å². The fourth-order valence-electron chi connectivity index (χ4n) is 2.47. The van der Waals surface area contributed by atoms with Gasteiger partial charge in [-0.25, -0.2) is 0 Å². The van der Waals surface area contributed by atoms with E-state index in [9.17, 15) is 0 Å². The first-order valence-electron chi connectivity index (χ1n) is 8.36. The number of benzene rings is 2. The third-order valence-corrected chi connectivity index (χ3v) is 5.13. The van der Waals surface area contributed by atoms with Crippen LogP contribution in [0.5, 0.6) is 5.75 Å². The lowest BCUT2D eigenvalue weighted by molar-refractivity contribution is 0.389. The van der Waals surface area contributed by atoms with Crippen LogP contribution in [0.2, 0.25) is 0 Å². The van der Waals surface area contributed by atoms with Crippen LogP contribution < -0.4 is 4.74 Å². The number of methoxy groups -OCH3 is 1. The number of thioether (sulfide) groups is 1. The van der Waals surface area contributed by atoms with Crippen LogP contribution in [0, 0.1) is 0 Å². The molecule has 2 heterocycles. The van der Waals surface area contributed by atoms with Crippen LogP contribution in [0.15, 0.2) is 67.2 Å². The summed E-state index contributed by atoms with van der Waals surface area (Å²) in [6.07, 6.45) is 0.561. The maximum atomic E-state index is 5.69. The zero-order chi connectivity index (χ0) is 19.3. The molecule has 0 spiro atoms. The van der Waals surface area contributed by atoms with Gasteiger partial charge in [0.15, 0.2) is 0 Å². The minimum Gasteiger partial charge on any atom is -0.497 e. The SMILES string of the molecule is COc1ccc(Cc2nnc(SCc3nc(-c4cccc(Br)c4)no3)o2)cc1. The normalized spacial score (nSPS) is 10.9. The average molecular weight is 459 g/mol. The van der Waals surface area contributed by atoms with Gasteiger partial charge in [-0.3, -0.25) is 0 Å². The molecule has 0 aliphatic carbocycles. The maximum Gasteiger partial charge on any atom is 0.277 e. The zero-order valence-corrected chi connectivity index (χ0v) is 17.2. The van der Waals surface area contributed by atoms with E-state index >= 15 is 0 Å². The van der Waals surface area contributed by atoms with Crippen LogP contribution in [0.3, 0.4) is 0 Å². The predicted molar refractivity (Wildman–Crippen MR) is 107 cm³/mol. The second-order valence-corrected chi connectivity index (χ2v) is 7.64. The van der Waals surface area contributed by atoms with Gasteiger partial charge in [-0.15, -0.1) is 10.2 Å². The molecule has 4 aromatic rings. The molecule has 0 N–H and O–H groups in total. The summed E-state index contributed by atoms with van der Waals surface area (Å²) in [5.41, 5.74) is 1.95. The Labute approximate surface area is 173 Å². The Bertz CT molecular complexity index is 1060. The van der Waals surface area contributed by atoms with Gasteiger partial charge >= 0.3 is 0 Å². The van der Waals surface area contributed by atoms with Gasteiger partial charge in [-0.2, -0.15) is 4.98 Å². The third kappa shape index (κ3) is 4.60. The summed E-state index contributed by atoms with van der Waals surface area (Å²) in [7, 11) is 1.64. The lowest BCUT2D eigenvalue weighted by Crippen LogP contribution is -1.89. The second kappa shape index (κ2) is 8.57. The van der Waals surface area contributed by atoms with E-state index in [1.54, 1.807) is 7.11 Å². The lowest BCUT2D eigenvalue weighted by Gasteiger charge is -2.00.